The normalized spacial score (nSPS) is 18.8. The lowest BCUT2D eigenvalue weighted by Crippen LogP contribution is -2.37. The summed E-state index contributed by atoms with van der Waals surface area (Å²) in [6.45, 7) is 2.49. The molecule has 1 aromatic carbocycles. The van der Waals surface area contributed by atoms with Gasteiger partial charge in [0.15, 0.2) is 0 Å². The van der Waals surface area contributed by atoms with Crippen molar-refractivity contribution in [3.63, 3.8) is 0 Å². The molecule has 0 heterocycles. The van der Waals surface area contributed by atoms with Gasteiger partial charge in [0.2, 0.25) is 0 Å². The second-order valence-electron chi connectivity index (χ2n) is 4.36. The topological polar surface area (TPSA) is 9.23 Å². The molecule has 0 atom stereocenters. The summed E-state index contributed by atoms with van der Waals surface area (Å²) in [4.78, 5) is 0. The largest absolute Gasteiger partial charge is 0.416 e. The third-order valence-corrected chi connectivity index (χ3v) is 3.32. The predicted octanol–water partition coefficient (Wildman–Crippen LogP) is 4.12. The highest BCUT2D eigenvalue weighted by Crippen LogP contribution is 2.45. The van der Waals surface area contributed by atoms with E-state index in [0.717, 1.165) is 37.0 Å². The Hall–Kier alpha value is -1.03. The van der Waals surface area contributed by atoms with Crippen LogP contribution in [0.1, 0.15) is 37.3 Å². The van der Waals surface area contributed by atoms with Crippen LogP contribution in [0.2, 0.25) is 0 Å². The van der Waals surface area contributed by atoms with Crippen molar-refractivity contribution >= 4 is 0 Å². The van der Waals surface area contributed by atoms with Crippen molar-refractivity contribution in [3.05, 3.63) is 35.4 Å². The monoisotopic (exact) mass is 244 g/mol. The van der Waals surface area contributed by atoms with Crippen molar-refractivity contribution in [2.45, 2.75) is 38.0 Å². The van der Waals surface area contributed by atoms with Crippen molar-refractivity contribution in [1.29, 1.82) is 0 Å². The van der Waals surface area contributed by atoms with Crippen LogP contribution in [0.25, 0.3) is 0 Å². The van der Waals surface area contributed by atoms with Crippen LogP contribution < -0.4 is 0 Å². The van der Waals surface area contributed by atoms with Gasteiger partial charge in [-0.25, -0.2) is 0 Å². The van der Waals surface area contributed by atoms with Crippen LogP contribution in [0.5, 0.6) is 0 Å². The fourth-order valence-electron chi connectivity index (χ4n) is 2.25. The van der Waals surface area contributed by atoms with Crippen molar-refractivity contribution in [2.75, 3.05) is 6.61 Å². The minimum absolute atomic E-state index is 0.334. The van der Waals surface area contributed by atoms with Crippen LogP contribution >= 0.6 is 0 Å². The number of hydrogen-bond acceptors (Lipinski definition) is 1. The maximum Gasteiger partial charge on any atom is 0.416 e. The predicted molar refractivity (Wildman–Crippen MR) is 58.6 cm³/mol. The summed E-state index contributed by atoms with van der Waals surface area (Å²) in [5.74, 6) is 0. The lowest BCUT2D eigenvalue weighted by Gasteiger charge is -2.42. The third-order valence-electron chi connectivity index (χ3n) is 3.32. The summed E-state index contributed by atoms with van der Waals surface area (Å²) in [6, 6.07) is 5.35. The van der Waals surface area contributed by atoms with Gasteiger partial charge in [0.1, 0.15) is 0 Å². The first-order valence-electron chi connectivity index (χ1n) is 5.80. The molecule has 1 fully saturated rings. The van der Waals surface area contributed by atoms with E-state index in [0.29, 0.717) is 6.61 Å². The highest BCUT2D eigenvalue weighted by molar-refractivity contribution is 5.30. The molecule has 1 nitrogen and oxygen atoms in total. The second kappa shape index (κ2) is 4.33. The van der Waals surface area contributed by atoms with Crippen molar-refractivity contribution in [3.8, 4) is 0 Å². The van der Waals surface area contributed by atoms with Crippen molar-refractivity contribution in [1.82, 2.24) is 0 Å². The lowest BCUT2D eigenvalue weighted by molar-refractivity contribution is -0.137. The zero-order valence-electron chi connectivity index (χ0n) is 9.68. The lowest BCUT2D eigenvalue weighted by atomic mass is 9.74. The molecule has 1 aliphatic rings. The molecule has 0 aliphatic heterocycles. The summed E-state index contributed by atoms with van der Waals surface area (Å²) in [5.41, 5.74) is -0.0791. The smallest absolute Gasteiger partial charge is 0.371 e. The van der Waals surface area contributed by atoms with Crippen LogP contribution in [-0.4, -0.2) is 6.61 Å². The van der Waals surface area contributed by atoms with Gasteiger partial charge in [0.05, 0.1) is 11.2 Å². The molecule has 0 aromatic heterocycles. The number of hydrogen-bond donors (Lipinski definition) is 0. The zero-order valence-corrected chi connectivity index (χ0v) is 9.68. The molecule has 94 valence electrons. The average molecular weight is 244 g/mol. The first-order chi connectivity index (χ1) is 7.98. The molecular weight excluding hydrogens is 229 g/mol. The fourth-order valence-corrected chi connectivity index (χ4v) is 2.25. The summed E-state index contributed by atoms with van der Waals surface area (Å²) in [7, 11) is 0. The molecule has 1 aliphatic carbocycles. The number of benzene rings is 1. The molecule has 1 aromatic rings. The molecule has 0 spiro atoms. The van der Waals surface area contributed by atoms with Gasteiger partial charge in [-0.15, -0.1) is 0 Å². The van der Waals surface area contributed by atoms with Crippen molar-refractivity contribution < 1.29 is 17.9 Å². The quantitative estimate of drug-likeness (QED) is 0.777. The van der Waals surface area contributed by atoms with E-state index in [-0.39, 0.29) is 5.60 Å². The van der Waals surface area contributed by atoms with E-state index in [1.54, 1.807) is 0 Å². The summed E-state index contributed by atoms with van der Waals surface area (Å²) in [6.07, 6.45) is -1.41. The molecule has 0 saturated heterocycles. The van der Waals surface area contributed by atoms with Gasteiger partial charge in [0.25, 0.3) is 0 Å². The molecule has 0 radical (unpaired) electrons. The van der Waals surface area contributed by atoms with Crippen LogP contribution in [0, 0.1) is 0 Å². The molecule has 1 saturated carbocycles. The number of ether oxygens (including phenoxy) is 1. The van der Waals surface area contributed by atoms with E-state index in [2.05, 4.69) is 0 Å². The summed E-state index contributed by atoms with van der Waals surface area (Å²) in [5, 5.41) is 0. The van der Waals surface area contributed by atoms with E-state index in [4.69, 9.17) is 4.74 Å². The fraction of sp³-hybridized carbons (Fsp3) is 0.538. The Labute approximate surface area is 98.6 Å². The first kappa shape index (κ1) is 12.4. The van der Waals surface area contributed by atoms with Crippen LogP contribution in [0.3, 0.4) is 0 Å². The molecule has 0 N–H and O–H groups in total. The maximum absolute atomic E-state index is 12.4. The van der Waals surface area contributed by atoms with Gasteiger partial charge in [-0.3, -0.25) is 0 Å². The standard InChI is InChI=1S/C13H15F3O/c1-2-17-12(8-3-9-12)10-4-6-11(7-5-10)13(14,15)16/h4-7H,2-3,8-9H2,1H3. The Morgan fingerprint density at radius 1 is 1.18 bits per heavy atom. The molecule has 2 rings (SSSR count). The molecule has 0 amide bonds. The van der Waals surface area contributed by atoms with E-state index in [1.165, 1.54) is 12.1 Å². The van der Waals surface area contributed by atoms with E-state index >= 15 is 0 Å². The number of halogens is 3. The summed E-state index contributed by atoms with van der Waals surface area (Å²) >= 11 is 0. The Bertz CT molecular complexity index is 377. The van der Waals surface area contributed by atoms with E-state index < -0.39 is 11.7 Å². The van der Waals surface area contributed by atoms with Crippen LogP contribution in [-0.2, 0) is 16.5 Å². The van der Waals surface area contributed by atoms with Crippen molar-refractivity contribution in [2.24, 2.45) is 0 Å². The molecule has 17 heavy (non-hydrogen) atoms. The van der Waals surface area contributed by atoms with Gasteiger partial charge in [-0.2, -0.15) is 13.2 Å². The number of rotatable bonds is 3. The highest BCUT2D eigenvalue weighted by Gasteiger charge is 2.40. The van der Waals surface area contributed by atoms with E-state index in [1.807, 2.05) is 6.92 Å². The minimum atomic E-state index is -4.27. The Morgan fingerprint density at radius 3 is 2.12 bits per heavy atom. The average Bonchev–Trinajstić information content (AvgIpc) is 2.22. The van der Waals surface area contributed by atoms with Crippen LogP contribution in [0.4, 0.5) is 13.2 Å². The minimum Gasteiger partial charge on any atom is -0.371 e. The molecule has 0 bridgehead atoms. The zero-order chi connectivity index (χ0) is 12.5. The Kier molecular flexibility index (Phi) is 3.17. The Balaban J connectivity index is 2.23. The van der Waals surface area contributed by atoms with Gasteiger partial charge in [-0.05, 0) is 43.9 Å². The molecular formula is C13H15F3O. The molecule has 0 unspecified atom stereocenters. The highest BCUT2D eigenvalue weighted by atomic mass is 19.4. The first-order valence-corrected chi connectivity index (χ1v) is 5.80. The number of alkyl halides is 3. The summed E-state index contributed by atoms with van der Waals surface area (Å²) < 4.78 is 43.0. The van der Waals surface area contributed by atoms with Gasteiger partial charge in [-0.1, -0.05) is 12.1 Å². The maximum atomic E-state index is 12.4. The van der Waals surface area contributed by atoms with Gasteiger partial charge in [0, 0.05) is 6.61 Å². The SMILES string of the molecule is CCOC1(c2ccc(C(F)(F)F)cc2)CCC1. The van der Waals surface area contributed by atoms with E-state index in [9.17, 15) is 13.2 Å². The van der Waals surface area contributed by atoms with Gasteiger partial charge < -0.3 is 4.74 Å². The third kappa shape index (κ3) is 2.32. The Morgan fingerprint density at radius 2 is 1.76 bits per heavy atom. The second-order valence-corrected chi connectivity index (χ2v) is 4.36. The van der Waals surface area contributed by atoms with Gasteiger partial charge >= 0.3 is 6.18 Å². The molecule has 4 heteroatoms. The van der Waals surface area contributed by atoms with Crippen LogP contribution in [0.15, 0.2) is 24.3 Å².